The quantitative estimate of drug-likeness (QED) is 0.836. The third kappa shape index (κ3) is 3.08. The van der Waals surface area contributed by atoms with Gasteiger partial charge in [-0.2, -0.15) is 0 Å². The van der Waals surface area contributed by atoms with Gasteiger partial charge in [0, 0.05) is 4.47 Å². The van der Waals surface area contributed by atoms with Crippen molar-refractivity contribution in [1.29, 1.82) is 0 Å². The lowest BCUT2D eigenvalue weighted by Crippen LogP contribution is -2.19. The molecule has 1 N–H and O–H groups in total. The Morgan fingerprint density at radius 3 is 2.62 bits per heavy atom. The second kappa shape index (κ2) is 4.72. The minimum Gasteiger partial charge on any atom is -0.322 e. The summed E-state index contributed by atoms with van der Waals surface area (Å²) in [7, 11) is 0. The number of hydrogen-bond donors (Lipinski definition) is 1. The van der Waals surface area contributed by atoms with Gasteiger partial charge in [-0.25, -0.2) is 4.39 Å². The monoisotopic (exact) mass is 309 g/mol. The van der Waals surface area contributed by atoms with Crippen LogP contribution in [0.1, 0.15) is 0 Å². The van der Waals surface area contributed by atoms with E-state index in [9.17, 15) is 9.18 Å². The van der Waals surface area contributed by atoms with Gasteiger partial charge < -0.3 is 5.32 Å². The number of carbonyl (C=O) groups excluding carboxylic acids is 1. The van der Waals surface area contributed by atoms with E-state index in [2.05, 4.69) is 37.2 Å². The minimum absolute atomic E-state index is 0.551. The van der Waals surface area contributed by atoms with Crippen LogP contribution in [0.4, 0.5) is 10.1 Å². The number of anilines is 1. The summed E-state index contributed by atoms with van der Waals surface area (Å²) in [5.41, 5.74) is 0.551. The maximum atomic E-state index is 12.4. The van der Waals surface area contributed by atoms with Gasteiger partial charge in [-0.15, -0.1) is 0 Å². The number of amides is 1. The van der Waals surface area contributed by atoms with Crippen LogP contribution < -0.4 is 5.32 Å². The Morgan fingerprint density at radius 1 is 1.46 bits per heavy atom. The van der Waals surface area contributed by atoms with Crippen molar-refractivity contribution in [1.82, 2.24) is 0 Å². The first-order valence-corrected chi connectivity index (χ1v) is 5.15. The number of alkyl halides is 2. The molecule has 0 fully saturated rings. The molecule has 0 aliphatic heterocycles. The van der Waals surface area contributed by atoms with Crippen molar-refractivity contribution in [3.05, 3.63) is 28.7 Å². The molecule has 1 aromatic carbocycles. The number of carbonyl (C=O) groups is 1. The zero-order valence-corrected chi connectivity index (χ0v) is 9.60. The van der Waals surface area contributed by atoms with Crippen LogP contribution in [-0.2, 0) is 4.79 Å². The van der Waals surface area contributed by atoms with Crippen molar-refractivity contribution in [2.45, 2.75) is 5.08 Å². The van der Waals surface area contributed by atoms with Crippen LogP contribution in [0, 0.1) is 0 Å². The third-order valence-electron chi connectivity index (χ3n) is 1.33. The molecule has 0 saturated carbocycles. The van der Waals surface area contributed by atoms with Gasteiger partial charge in [0.05, 0.1) is 5.69 Å². The van der Waals surface area contributed by atoms with Crippen LogP contribution >= 0.6 is 31.9 Å². The van der Waals surface area contributed by atoms with E-state index in [1.807, 2.05) is 0 Å². The zero-order chi connectivity index (χ0) is 9.84. The normalized spacial score (nSPS) is 12.2. The fourth-order valence-electron chi connectivity index (χ4n) is 0.750. The highest BCUT2D eigenvalue weighted by Gasteiger charge is 2.13. The second-order valence-corrected chi connectivity index (χ2v) is 3.93. The molecule has 0 spiro atoms. The molecule has 0 aromatic heterocycles. The summed E-state index contributed by atoms with van der Waals surface area (Å²) in [6.07, 6.45) is 0. The predicted octanol–water partition coefficient (Wildman–Crippen LogP) is 3.08. The summed E-state index contributed by atoms with van der Waals surface area (Å²) in [5.74, 6) is -0.716. The summed E-state index contributed by atoms with van der Waals surface area (Å²) >= 11 is 5.75. The smallest absolute Gasteiger partial charge is 0.270 e. The summed E-state index contributed by atoms with van der Waals surface area (Å²) in [4.78, 5) is 10.9. The predicted molar refractivity (Wildman–Crippen MR) is 56.6 cm³/mol. The topological polar surface area (TPSA) is 29.1 Å². The Balaban J connectivity index is 2.75. The lowest BCUT2D eigenvalue weighted by Gasteiger charge is -2.06. The molecular weight excluding hydrogens is 305 g/mol. The van der Waals surface area contributed by atoms with Gasteiger partial charge in [-0.05, 0) is 44.0 Å². The molecule has 13 heavy (non-hydrogen) atoms. The van der Waals surface area contributed by atoms with E-state index < -0.39 is 11.0 Å². The number of nitrogens with one attached hydrogen (secondary N) is 1. The molecule has 0 radical (unpaired) electrons. The Kier molecular flexibility index (Phi) is 3.87. The molecule has 70 valence electrons. The maximum absolute atomic E-state index is 12.4. The van der Waals surface area contributed by atoms with Crippen LogP contribution in [0.15, 0.2) is 28.7 Å². The van der Waals surface area contributed by atoms with Gasteiger partial charge in [-0.3, -0.25) is 4.79 Å². The SMILES string of the molecule is O=C(Nc1ccccc1Br)C(F)Br. The Morgan fingerprint density at radius 2 is 2.08 bits per heavy atom. The van der Waals surface area contributed by atoms with Gasteiger partial charge in [0.2, 0.25) is 5.08 Å². The van der Waals surface area contributed by atoms with Crippen molar-refractivity contribution in [3.63, 3.8) is 0 Å². The molecule has 5 heteroatoms. The first-order chi connectivity index (χ1) is 6.11. The molecule has 0 bridgehead atoms. The van der Waals surface area contributed by atoms with Crippen LogP contribution in [0.3, 0.4) is 0 Å². The van der Waals surface area contributed by atoms with Crippen molar-refractivity contribution < 1.29 is 9.18 Å². The van der Waals surface area contributed by atoms with E-state index in [-0.39, 0.29) is 0 Å². The van der Waals surface area contributed by atoms with E-state index in [0.29, 0.717) is 5.69 Å². The summed E-state index contributed by atoms with van der Waals surface area (Å²) < 4.78 is 13.1. The standard InChI is InChI=1S/C8H6Br2FNO/c9-5-3-1-2-4-6(5)12-8(13)7(10)11/h1-4,7H,(H,12,13). The lowest BCUT2D eigenvalue weighted by molar-refractivity contribution is -0.117. The minimum atomic E-state index is -1.68. The van der Waals surface area contributed by atoms with Crippen LogP contribution in [0.2, 0.25) is 0 Å². The highest BCUT2D eigenvalue weighted by atomic mass is 79.9. The van der Waals surface area contributed by atoms with E-state index in [1.165, 1.54) is 0 Å². The molecule has 0 aliphatic rings. The third-order valence-corrected chi connectivity index (χ3v) is 2.44. The highest BCUT2D eigenvalue weighted by Crippen LogP contribution is 2.21. The summed E-state index contributed by atoms with van der Waals surface area (Å²) in [6.45, 7) is 0. The average Bonchev–Trinajstić information content (AvgIpc) is 2.08. The lowest BCUT2D eigenvalue weighted by atomic mass is 10.3. The molecule has 1 amide bonds. The largest absolute Gasteiger partial charge is 0.322 e. The summed E-state index contributed by atoms with van der Waals surface area (Å²) in [6, 6.07) is 7.00. The molecule has 2 nitrogen and oxygen atoms in total. The van der Waals surface area contributed by atoms with Crippen LogP contribution in [-0.4, -0.2) is 11.0 Å². The van der Waals surface area contributed by atoms with Gasteiger partial charge in [0.15, 0.2) is 0 Å². The van der Waals surface area contributed by atoms with Crippen LogP contribution in [0.25, 0.3) is 0 Å². The number of rotatable bonds is 2. The molecule has 1 aromatic rings. The number of para-hydroxylation sites is 1. The number of hydrogen-bond acceptors (Lipinski definition) is 1. The van der Waals surface area contributed by atoms with Gasteiger partial charge in [0.25, 0.3) is 5.91 Å². The van der Waals surface area contributed by atoms with Gasteiger partial charge in [-0.1, -0.05) is 12.1 Å². The first kappa shape index (κ1) is 10.7. The Labute approximate surface area is 91.8 Å². The average molecular weight is 311 g/mol. The number of benzene rings is 1. The van der Waals surface area contributed by atoms with E-state index >= 15 is 0 Å². The fraction of sp³-hybridized carbons (Fsp3) is 0.125. The molecule has 0 heterocycles. The van der Waals surface area contributed by atoms with Crippen molar-refractivity contribution in [3.8, 4) is 0 Å². The molecule has 0 saturated heterocycles. The molecule has 1 rings (SSSR count). The molecule has 1 atom stereocenters. The van der Waals surface area contributed by atoms with Crippen LogP contribution in [0.5, 0.6) is 0 Å². The zero-order valence-electron chi connectivity index (χ0n) is 6.43. The molecule has 1 unspecified atom stereocenters. The summed E-state index contributed by atoms with van der Waals surface area (Å²) in [5, 5.41) is 0.721. The van der Waals surface area contributed by atoms with Crippen molar-refractivity contribution >= 4 is 43.5 Å². The second-order valence-electron chi connectivity index (χ2n) is 2.27. The van der Waals surface area contributed by atoms with Crippen molar-refractivity contribution in [2.75, 3.05) is 5.32 Å². The van der Waals surface area contributed by atoms with E-state index in [1.54, 1.807) is 24.3 Å². The Hall–Kier alpha value is -0.420. The Bertz CT molecular complexity index is 317. The molecule has 0 aliphatic carbocycles. The van der Waals surface area contributed by atoms with Gasteiger partial charge >= 0.3 is 0 Å². The maximum Gasteiger partial charge on any atom is 0.270 e. The fourth-order valence-corrected chi connectivity index (χ4v) is 1.25. The molecular formula is C8H6Br2FNO. The van der Waals surface area contributed by atoms with E-state index in [0.717, 1.165) is 4.47 Å². The highest BCUT2D eigenvalue weighted by molar-refractivity contribution is 9.10. The first-order valence-electron chi connectivity index (χ1n) is 3.45. The van der Waals surface area contributed by atoms with E-state index in [4.69, 9.17) is 0 Å². The number of halogens is 3. The van der Waals surface area contributed by atoms with Gasteiger partial charge in [0.1, 0.15) is 0 Å². The van der Waals surface area contributed by atoms with Crippen molar-refractivity contribution in [2.24, 2.45) is 0 Å².